The third-order valence-corrected chi connectivity index (χ3v) is 5.91. The van der Waals surface area contributed by atoms with Gasteiger partial charge >= 0.3 is 12.1 Å². The van der Waals surface area contributed by atoms with E-state index in [1.807, 2.05) is 42.6 Å². The number of amidine groups is 1. The van der Waals surface area contributed by atoms with Crippen molar-refractivity contribution in [1.82, 2.24) is 4.98 Å². The van der Waals surface area contributed by atoms with Crippen LogP contribution in [0.25, 0.3) is 11.1 Å². The number of carboxylic acid groups (broad SMARTS) is 1. The minimum Gasteiger partial charge on any atom is -0.497 e. The highest BCUT2D eigenvalue weighted by atomic mass is 19.4. The van der Waals surface area contributed by atoms with E-state index < -0.39 is 17.7 Å². The van der Waals surface area contributed by atoms with Crippen molar-refractivity contribution in [1.29, 1.82) is 0 Å². The van der Waals surface area contributed by atoms with Crippen LogP contribution in [0.4, 0.5) is 13.2 Å². The number of pyridine rings is 1. The minimum atomic E-state index is -5.08. The molecule has 3 N–H and O–H groups in total. The maximum atomic E-state index is 10.6. The summed E-state index contributed by atoms with van der Waals surface area (Å²) < 4.78 is 37.1. The van der Waals surface area contributed by atoms with E-state index in [9.17, 15) is 13.2 Å². The average molecular weight is 505 g/mol. The van der Waals surface area contributed by atoms with Gasteiger partial charge in [0.1, 0.15) is 17.1 Å². The number of hydrogen-bond donors (Lipinski definition) is 2. The number of aliphatic imine (C=N–C) groups is 1. The van der Waals surface area contributed by atoms with E-state index in [2.05, 4.69) is 53.5 Å². The number of carbonyl (C=O) groups is 1. The first-order valence-electron chi connectivity index (χ1n) is 11.1. The summed E-state index contributed by atoms with van der Waals surface area (Å²) in [6.07, 6.45) is -1.43. The minimum absolute atomic E-state index is 0.549. The number of aromatic nitrogens is 1. The van der Waals surface area contributed by atoms with E-state index in [4.69, 9.17) is 25.4 Å². The molecule has 9 heteroatoms. The third kappa shape index (κ3) is 5.02. The predicted molar refractivity (Wildman–Crippen MR) is 133 cm³/mol. The van der Waals surface area contributed by atoms with Crippen molar-refractivity contribution in [3.8, 4) is 16.9 Å². The molecule has 0 fully saturated rings. The van der Waals surface area contributed by atoms with Gasteiger partial charge in [0.2, 0.25) is 0 Å². The molecule has 1 aromatic heterocycles. The Morgan fingerprint density at radius 3 is 2.22 bits per heavy atom. The maximum absolute atomic E-state index is 10.6. The van der Waals surface area contributed by atoms with E-state index in [0.29, 0.717) is 5.84 Å². The van der Waals surface area contributed by atoms with Crippen LogP contribution in [0.5, 0.6) is 5.75 Å². The second-order valence-corrected chi connectivity index (χ2v) is 8.11. The summed E-state index contributed by atoms with van der Waals surface area (Å²) in [5.41, 5.74) is 12.0. The molecular weight excluding hydrogens is 483 g/mol. The normalized spacial score (nSPS) is 16.2. The highest BCUT2D eigenvalue weighted by Gasteiger charge is 2.42. The van der Waals surface area contributed by atoms with Gasteiger partial charge in [-0.2, -0.15) is 13.2 Å². The number of halogens is 3. The molecule has 0 saturated heterocycles. The largest absolute Gasteiger partial charge is 0.497 e. The number of methoxy groups -OCH3 is 1. The first-order chi connectivity index (χ1) is 17.7. The van der Waals surface area contributed by atoms with Crippen LogP contribution in [-0.2, 0) is 10.3 Å². The zero-order chi connectivity index (χ0) is 26.6. The Hall–Kier alpha value is -4.66. The third-order valence-electron chi connectivity index (χ3n) is 5.91. The number of aliphatic carboxylic acids is 1. The summed E-state index contributed by atoms with van der Waals surface area (Å²) in [6.45, 7) is 0. The molecule has 1 atom stereocenters. The Kier molecular flexibility index (Phi) is 6.97. The van der Waals surface area contributed by atoms with Crippen LogP contribution in [0.3, 0.4) is 0 Å². The summed E-state index contributed by atoms with van der Waals surface area (Å²) in [5, 5.41) is 7.12. The lowest BCUT2D eigenvalue weighted by Crippen LogP contribution is -2.25. The molecule has 0 spiro atoms. The summed E-state index contributed by atoms with van der Waals surface area (Å²) in [4.78, 5) is 18.2. The molecule has 188 valence electrons. The molecule has 1 unspecified atom stereocenters. The van der Waals surface area contributed by atoms with Crippen LogP contribution in [0.1, 0.15) is 22.3 Å². The van der Waals surface area contributed by atoms with Gasteiger partial charge in [-0.1, -0.05) is 60.7 Å². The fourth-order valence-electron chi connectivity index (χ4n) is 4.22. The highest BCUT2D eigenvalue weighted by Crippen LogP contribution is 2.46. The maximum Gasteiger partial charge on any atom is 0.490 e. The molecule has 6 nitrogen and oxygen atoms in total. The van der Waals surface area contributed by atoms with Gasteiger partial charge in [0.05, 0.1) is 7.11 Å². The molecule has 4 aromatic rings. The Morgan fingerprint density at radius 1 is 0.919 bits per heavy atom. The lowest BCUT2D eigenvalue weighted by Gasteiger charge is -2.29. The SMILES string of the molecule is COc1ccc(C2(c3cccc(-c4cccnc4)c3)N=C(N)c3ccccc32)cc1.O=C(O)C(F)(F)F. The molecule has 1 aliphatic rings. The van der Waals surface area contributed by atoms with E-state index in [1.165, 1.54) is 0 Å². The molecule has 0 radical (unpaired) electrons. The number of hydrogen-bond acceptors (Lipinski definition) is 5. The molecule has 2 heterocycles. The second-order valence-electron chi connectivity index (χ2n) is 8.11. The number of rotatable bonds is 4. The Labute approximate surface area is 210 Å². The first kappa shape index (κ1) is 25.4. The molecule has 0 saturated carbocycles. The van der Waals surface area contributed by atoms with Crippen LogP contribution in [-0.4, -0.2) is 35.2 Å². The van der Waals surface area contributed by atoms with Gasteiger partial charge in [-0.3, -0.25) is 4.98 Å². The number of alkyl halides is 3. The fourth-order valence-corrected chi connectivity index (χ4v) is 4.22. The van der Waals surface area contributed by atoms with E-state index in [0.717, 1.165) is 39.1 Å². The van der Waals surface area contributed by atoms with E-state index >= 15 is 0 Å². The molecule has 0 aliphatic carbocycles. The zero-order valence-electron chi connectivity index (χ0n) is 19.6. The number of carboxylic acids is 1. The number of nitrogens with two attached hydrogens (primary N) is 1. The molecule has 1 aliphatic heterocycles. The van der Waals surface area contributed by atoms with Crippen molar-refractivity contribution in [3.05, 3.63) is 120 Å². The summed E-state index contributed by atoms with van der Waals surface area (Å²) in [7, 11) is 1.67. The average Bonchev–Trinajstić information content (AvgIpc) is 3.22. The second kappa shape index (κ2) is 10.1. The monoisotopic (exact) mass is 505 g/mol. The van der Waals surface area contributed by atoms with Gasteiger partial charge in [0.25, 0.3) is 0 Å². The smallest absolute Gasteiger partial charge is 0.490 e. The molecule has 0 amide bonds. The van der Waals surface area contributed by atoms with Crippen molar-refractivity contribution in [2.45, 2.75) is 11.7 Å². The van der Waals surface area contributed by atoms with Crippen molar-refractivity contribution in [2.75, 3.05) is 7.11 Å². The van der Waals surface area contributed by atoms with E-state index in [-0.39, 0.29) is 0 Å². The Balaban J connectivity index is 0.000000405. The first-order valence-corrected chi connectivity index (χ1v) is 11.1. The quantitative estimate of drug-likeness (QED) is 0.387. The van der Waals surface area contributed by atoms with Crippen molar-refractivity contribution < 1.29 is 27.8 Å². The summed E-state index contributed by atoms with van der Waals surface area (Å²) in [5.74, 6) is -1.40. The van der Waals surface area contributed by atoms with Crippen LogP contribution in [0.15, 0.2) is 102 Å². The lowest BCUT2D eigenvalue weighted by atomic mass is 9.77. The van der Waals surface area contributed by atoms with Crippen molar-refractivity contribution >= 4 is 11.8 Å². The molecule has 37 heavy (non-hydrogen) atoms. The van der Waals surface area contributed by atoms with Gasteiger partial charge in [-0.15, -0.1) is 0 Å². The van der Waals surface area contributed by atoms with Gasteiger partial charge in [0.15, 0.2) is 0 Å². The molecule has 3 aromatic carbocycles. The van der Waals surface area contributed by atoms with Gasteiger partial charge in [-0.05, 0) is 52.1 Å². The summed E-state index contributed by atoms with van der Waals surface area (Å²) in [6, 6.07) is 28.7. The van der Waals surface area contributed by atoms with Crippen molar-refractivity contribution in [2.24, 2.45) is 10.7 Å². The van der Waals surface area contributed by atoms with Crippen LogP contribution >= 0.6 is 0 Å². The summed E-state index contributed by atoms with van der Waals surface area (Å²) >= 11 is 0. The fraction of sp³-hybridized carbons (Fsp3) is 0.107. The highest BCUT2D eigenvalue weighted by molar-refractivity contribution is 6.03. The van der Waals surface area contributed by atoms with Crippen LogP contribution < -0.4 is 10.5 Å². The topological polar surface area (TPSA) is 97.8 Å². The standard InChI is InChI=1S/C26H21N3O.C2HF3O2/c1-30-22-13-11-20(12-14-22)26(24-10-3-2-9-23(24)25(27)29-26)21-8-4-6-18(16-21)19-7-5-15-28-17-19;3-2(4,5)1(6)7/h2-17H,1H3,(H2,27,29);(H,6,7). The van der Waals surface area contributed by atoms with Gasteiger partial charge < -0.3 is 15.6 Å². The van der Waals surface area contributed by atoms with Crippen LogP contribution in [0.2, 0.25) is 0 Å². The Bertz CT molecular complexity index is 1440. The van der Waals surface area contributed by atoms with E-state index in [1.54, 1.807) is 13.3 Å². The van der Waals surface area contributed by atoms with Gasteiger partial charge in [-0.25, -0.2) is 9.79 Å². The number of benzene rings is 3. The zero-order valence-corrected chi connectivity index (χ0v) is 19.6. The Morgan fingerprint density at radius 2 is 1.59 bits per heavy atom. The van der Waals surface area contributed by atoms with Gasteiger partial charge in [0, 0.05) is 18.0 Å². The number of nitrogens with zero attached hydrogens (tertiary/aromatic N) is 2. The number of fused-ring (bicyclic) bond motifs is 1. The van der Waals surface area contributed by atoms with Crippen molar-refractivity contribution in [3.63, 3.8) is 0 Å². The number of ether oxygens (including phenoxy) is 1. The molecule has 0 bridgehead atoms. The molecule has 5 rings (SSSR count). The lowest BCUT2D eigenvalue weighted by molar-refractivity contribution is -0.192. The van der Waals surface area contributed by atoms with Crippen LogP contribution in [0, 0.1) is 0 Å². The molecular formula is C28H22F3N3O3. The predicted octanol–water partition coefficient (Wildman–Crippen LogP) is 5.40.